The van der Waals surface area contributed by atoms with Gasteiger partial charge in [0.15, 0.2) is 0 Å². The molecule has 7 heteroatoms. The molecule has 1 aliphatic rings. The average molecular weight is 339 g/mol. The van der Waals surface area contributed by atoms with Gasteiger partial charge in [0.2, 0.25) is 5.91 Å². The van der Waals surface area contributed by atoms with Crippen LogP contribution in [0.3, 0.4) is 0 Å². The number of carbonyl (C=O) groups is 1. The fraction of sp³-hybridized carbons (Fsp3) is 0.462. The first-order valence-corrected chi connectivity index (χ1v) is 7.01. The zero-order valence-corrected chi connectivity index (χ0v) is 13.5. The molecule has 0 aromatic heterocycles. The maximum atomic E-state index is 12.0. The summed E-state index contributed by atoms with van der Waals surface area (Å²) in [5.41, 5.74) is 0.558. The van der Waals surface area contributed by atoms with Crippen molar-refractivity contribution in [1.29, 1.82) is 0 Å². The van der Waals surface area contributed by atoms with Crippen LogP contribution in [-0.2, 0) is 4.79 Å². The second kappa shape index (κ2) is 8.05. The van der Waals surface area contributed by atoms with E-state index in [4.69, 9.17) is 23.2 Å². The van der Waals surface area contributed by atoms with Crippen molar-refractivity contribution in [3.8, 4) is 0 Å². The van der Waals surface area contributed by atoms with Gasteiger partial charge in [-0.25, -0.2) is 0 Å². The van der Waals surface area contributed by atoms with Crippen LogP contribution in [0.2, 0.25) is 10.0 Å². The summed E-state index contributed by atoms with van der Waals surface area (Å²) in [5, 5.41) is 7.18. The molecule has 112 valence electrons. The second-order valence-corrected chi connectivity index (χ2v) is 5.61. The van der Waals surface area contributed by atoms with Crippen molar-refractivity contribution in [2.75, 3.05) is 31.5 Å². The van der Waals surface area contributed by atoms with E-state index in [9.17, 15) is 4.79 Å². The zero-order valence-electron chi connectivity index (χ0n) is 11.2. The maximum absolute atomic E-state index is 12.0. The molecule has 0 radical (unpaired) electrons. The quantitative estimate of drug-likeness (QED) is 0.890. The number of anilines is 1. The molecule has 1 heterocycles. The minimum Gasteiger partial charge on any atom is -0.324 e. The van der Waals surface area contributed by atoms with E-state index in [0.29, 0.717) is 28.3 Å². The Morgan fingerprint density at radius 3 is 2.95 bits per heavy atom. The van der Waals surface area contributed by atoms with Crippen LogP contribution in [0.5, 0.6) is 0 Å². The SMILES string of the molecule is CC1CN(CC(=O)Nc2cc(Cl)ccc2Cl)CCN1.Cl. The second-order valence-electron chi connectivity index (χ2n) is 4.76. The molecule has 1 saturated heterocycles. The smallest absolute Gasteiger partial charge is 0.238 e. The van der Waals surface area contributed by atoms with Gasteiger partial charge in [-0.1, -0.05) is 23.2 Å². The van der Waals surface area contributed by atoms with Gasteiger partial charge in [-0.3, -0.25) is 9.69 Å². The highest BCUT2D eigenvalue weighted by molar-refractivity contribution is 6.35. The van der Waals surface area contributed by atoms with Crippen LogP contribution in [0.25, 0.3) is 0 Å². The highest BCUT2D eigenvalue weighted by Crippen LogP contribution is 2.25. The van der Waals surface area contributed by atoms with E-state index in [1.54, 1.807) is 18.2 Å². The molecule has 0 spiro atoms. The Morgan fingerprint density at radius 2 is 2.25 bits per heavy atom. The molecule has 1 unspecified atom stereocenters. The predicted octanol–water partition coefficient (Wildman–Crippen LogP) is 2.65. The molecule has 1 aromatic carbocycles. The number of carbonyl (C=O) groups excluding carboxylic acids is 1. The number of piperazine rings is 1. The number of nitrogens with zero attached hydrogens (tertiary/aromatic N) is 1. The van der Waals surface area contributed by atoms with Crippen molar-refractivity contribution in [3.05, 3.63) is 28.2 Å². The maximum Gasteiger partial charge on any atom is 0.238 e. The van der Waals surface area contributed by atoms with Crippen molar-refractivity contribution in [1.82, 2.24) is 10.2 Å². The Bertz CT molecular complexity index is 470. The predicted molar refractivity (Wildman–Crippen MR) is 86.2 cm³/mol. The highest BCUT2D eigenvalue weighted by atomic mass is 35.5. The van der Waals surface area contributed by atoms with Crippen molar-refractivity contribution in [2.45, 2.75) is 13.0 Å². The van der Waals surface area contributed by atoms with E-state index in [1.807, 2.05) is 0 Å². The van der Waals surface area contributed by atoms with Gasteiger partial charge in [0.25, 0.3) is 0 Å². The molecule has 0 saturated carbocycles. The standard InChI is InChI=1S/C13H17Cl2N3O.ClH/c1-9-7-18(5-4-16-9)8-13(19)17-12-6-10(14)2-3-11(12)15;/h2-3,6,9,16H,4-5,7-8H2,1H3,(H,17,19);1H. The third kappa shape index (κ3) is 5.11. The van der Waals surface area contributed by atoms with Gasteiger partial charge in [-0.15, -0.1) is 12.4 Å². The topological polar surface area (TPSA) is 44.4 Å². The average Bonchev–Trinajstić information content (AvgIpc) is 2.34. The minimum absolute atomic E-state index is 0. The van der Waals surface area contributed by atoms with Crippen LogP contribution in [0.1, 0.15) is 6.92 Å². The minimum atomic E-state index is -0.0710. The van der Waals surface area contributed by atoms with Crippen molar-refractivity contribution < 1.29 is 4.79 Å². The molecule has 0 bridgehead atoms. The first-order valence-electron chi connectivity index (χ1n) is 6.25. The summed E-state index contributed by atoms with van der Waals surface area (Å²) in [6.07, 6.45) is 0. The van der Waals surface area contributed by atoms with Crippen LogP contribution in [0.4, 0.5) is 5.69 Å². The number of amides is 1. The molecule has 2 rings (SSSR count). The van der Waals surface area contributed by atoms with Gasteiger partial charge in [0, 0.05) is 30.7 Å². The summed E-state index contributed by atoms with van der Waals surface area (Å²) >= 11 is 11.9. The van der Waals surface area contributed by atoms with Gasteiger partial charge >= 0.3 is 0 Å². The lowest BCUT2D eigenvalue weighted by Crippen LogP contribution is -2.51. The zero-order chi connectivity index (χ0) is 13.8. The summed E-state index contributed by atoms with van der Waals surface area (Å²) in [5.74, 6) is -0.0710. The molecular weight excluding hydrogens is 321 g/mol. The molecule has 1 atom stereocenters. The number of hydrogen-bond acceptors (Lipinski definition) is 3. The Hall–Kier alpha value is -0.520. The molecule has 1 aromatic rings. The lowest BCUT2D eigenvalue weighted by molar-refractivity contribution is -0.117. The fourth-order valence-corrected chi connectivity index (χ4v) is 2.48. The Balaban J connectivity index is 0.00000200. The molecule has 20 heavy (non-hydrogen) atoms. The molecule has 0 aliphatic carbocycles. The molecule has 4 nitrogen and oxygen atoms in total. The Morgan fingerprint density at radius 1 is 1.50 bits per heavy atom. The van der Waals surface area contributed by atoms with E-state index in [-0.39, 0.29) is 18.3 Å². The van der Waals surface area contributed by atoms with E-state index in [1.165, 1.54) is 0 Å². The van der Waals surface area contributed by atoms with Gasteiger partial charge in [0.05, 0.1) is 17.3 Å². The molecule has 2 N–H and O–H groups in total. The summed E-state index contributed by atoms with van der Waals surface area (Å²) in [6, 6.07) is 5.43. The number of nitrogens with one attached hydrogen (secondary N) is 2. The Kier molecular flexibility index (Phi) is 7.06. The van der Waals surface area contributed by atoms with E-state index < -0.39 is 0 Å². The van der Waals surface area contributed by atoms with Gasteiger partial charge in [-0.2, -0.15) is 0 Å². The first kappa shape index (κ1) is 17.5. The van der Waals surface area contributed by atoms with Gasteiger partial charge in [-0.05, 0) is 25.1 Å². The number of rotatable bonds is 3. The molecular formula is C13H18Cl3N3O. The van der Waals surface area contributed by atoms with Crippen LogP contribution < -0.4 is 10.6 Å². The molecule has 1 fully saturated rings. The van der Waals surface area contributed by atoms with Crippen molar-refractivity contribution in [2.24, 2.45) is 0 Å². The molecule has 1 amide bonds. The van der Waals surface area contributed by atoms with Crippen LogP contribution in [-0.4, -0.2) is 43.0 Å². The van der Waals surface area contributed by atoms with Gasteiger partial charge in [0.1, 0.15) is 0 Å². The summed E-state index contributed by atoms with van der Waals surface area (Å²) in [7, 11) is 0. The third-order valence-corrected chi connectivity index (χ3v) is 3.59. The van der Waals surface area contributed by atoms with Gasteiger partial charge < -0.3 is 10.6 Å². The highest BCUT2D eigenvalue weighted by Gasteiger charge is 2.18. The van der Waals surface area contributed by atoms with E-state index in [0.717, 1.165) is 19.6 Å². The number of hydrogen-bond donors (Lipinski definition) is 2. The fourth-order valence-electron chi connectivity index (χ4n) is 2.14. The Labute approximate surface area is 135 Å². The summed E-state index contributed by atoms with van der Waals surface area (Å²) in [6.45, 7) is 5.14. The van der Waals surface area contributed by atoms with E-state index in [2.05, 4.69) is 22.5 Å². The van der Waals surface area contributed by atoms with Crippen molar-refractivity contribution >= 4 is 47.2 Å². The number of halogens is 3. The van der Waals surface area contributed by atoms with Crippen LogP contribution >= 0.6 is 35.6 Å². The monoisotopic (exact) mass is 337 g/mol. The number of benzene rings is 1. The first-order chi connectivity index (χ1) is 9.04. The molecule has 1 aliphatic heterocycles. The summed E-state index contributed by atoms with van der Waals surface area (Å²) in [4.78, 5) is 14.1. The lowest BCUT2D eigenvalue weighted by Gasteiger charge is -2.31. The van der Waals surface area contributed by atoms with Crippen LogP contribution in [0.15, 0.2) is 18.2 Å². The van der Waals surface area contributed by atoms with E-state index >= 15 is 0 Å². The third-order valence-electron chi connectivity index (χ3n) is 3.02. The normalized spacial score (nSPS) is 19.2. The van der Waals surface area contributed by atoms with Crippen LogP contribution in [0, 0.1) is 0 Å². The van der Waals surface area contributed by atoms with Crippen molar-refractivity contribution in [3.63, 3.8) is 0 Å². The largest absolute Gasteiger partial charge is 0.324 e. The lowest BCUT2D eigenvalue weighted by atomic mass is 10.2. The summed E-state index contributed by atoms with van der Waals surface area (Å²) < 4.78 is 0.